The highest BCUT2D eigenvalue weighted by atomic mass is 16.2. The molecule has 1 atom stereocenters. The molecule has 2 N–H and O–H groups in total. The molecule has 124 valence electrons. The SMILES string of the molecule is Cc1c(NC(=O)N(C)C2CCCNCC2)cnn1CC(C)C. The van der Waals surface area contributed by atoms with Crippen molar-refractivity contribution in [3.63, 3.8) is 0 Å². The van der Waals surface area contributed by atoms with Crippen LogP contribution in [0.3, 0.4) is 0 Å². The second-order valence-corrected chi connectivity index (χ2v) is 6.60. The number of carbonyl (C=O) groups excluding carboxylic acids is 1. The number of carbonyl (C=O) groups is 1. The topological polar surface area (TPSA) is 62.2 Å². The summed E-state index contributed by atoms with van der Waals surface area (Å²) in [6.07, 6.45) is 4.93. The number of hydrogen-bond acceptors (Lipinski definition) is 3. The molecule has 1 aliphatic heterocycles. The maximum absolute atomic E-state index is 12.5. The number of amides is 2. The van der Waals surface area contributed by atoms with Crippen LogP contribution >= 0.6 is 0 Å². The first-order chi connectivity index (χ1) is 10.5. The molecule has 0 bridgehead atoms. The number of rotatable bonds is 4. The van der Waals surface area contributed by atoms with Crippen LogP contribution in [0.15, 0.2) is 6.20 Å². The molecule has 1 unspecified atom stereocenters. The van der Waals surface area contributed by atoms with Crippen LogP contribution in [-0.4, -0.2) is 46.9 Å². The zero-order valence-corrected chi connectivity index (χ0v) is 14.2. The fourth-order valence-electron chi connectivity index (χ4n) is 2.86. The Morgan fingerprint density at radius 3 is 3.00 bits per heavy atom. The van der Waals surface area contributed by atoms with Crippen LogP contribution < -0.4 is 10.6 Å². The van der Waals surface area contributed by atoms with Crippen LogP contribution in [0.4, 0.5) is 10.5 Å². The van der Waals surface area contributed by atoms with E-state index in [1.807, 2.05) is 23.6 Å². The lowest BCUT2D eigenvalue weighted by Gasteiger charge is -2.27. The highest BCUT2D eigenvalue weighted by Gasteiger charge is 2.22. The number of urea groups is 1. The van der Waals surface area contributed by atoms with Crippen molar-refractivity contribution in [3.05, 3.63) is 11.9 Å². The molecule has 0 aromatic carbocycles. The van der Waals surface area contributed by atoms with Crippen molar-refractivity contribution in [1.29, 1.82) is 0 Å². The van der Waals surface area contributed by atoms with Crippen molar-refractivity contribution in [2.45, 2.75) is 52.6 Å². The molecule has 22 heavy (non-hydrogen) atoms. The Labute approximate surface area is 133 Å². The second-order valence-electron chi connectivity index (χ2n) is 6.60. The minimum Gasteiger partial charge on any atom is -0.325 e. The van der Waals surface area contributed by atoms with E-state index < -0.39 is 0 Å². The Hall–Kier alpha value is -1.56. The van der Waals surface area contributed by atoms with Gasteiger partial charge in [0.25, 0.3) is 0 Å². The van der Waals surface area contributed by atoms with Gasteiger partial charge in [0.15, 0.2) is 0 Å². The molecular weight excluding hydrogens is 278 g/mol. The lowest BCUT2D eigenvalue weighted by atomic mass is 10.1. The molecule has 2 amide bonds. The Balaban J connectivity index is 1.97. The van der Waals surface area contributed by atoms with E-state index >= 15 is 0 Å². The first-order valence-electron chi connectivity index (χ1n) is 8.26. The van der Waals surface area contributed by atoms with Crippen molar-refractivity contribution in [2.75, 3.05) is 25.5 Å². The monoisotopic (exact) mass is 307 g/mol. The highest BCUT2D eigenvalue weighted by Crippen LogP contribution is 2.17. The molecule has 1 fully saturated rings. The third-order valence-electron chi connectivity index (χ3n) is 4.30. The van der Waals surface area contributed by atoms with Crippen molar-refractivity contribution in [1.82, 2.24) is 20.0 Å². The number of aromatic nitrogens is 2. The first-order valence-corrected chi connectivity index (χ1v) is 8.26. The third-order valence-corrected chi connectivity index (χ3v) is 4.30. The number of anilines is 1. The predicted molar refractivity (Wildman–Crippen MR) is 89.1 cm³/mol. The molecule has 1 aromatic heterocycles. The molecule has 1 saturated heterocycles. The fraction of sp³-hybridized carbons (Fsp3) is 0.750. The summed E-state index contributed by atoms with van der Waals surface area (Å²) in [5, 5.41) is 10.8. The summed E-state index contributed by atoms with van der Waals surface area (Å²) in [5.41, 5.74) is 1.82. The molecule has 6 nitrogen and oxygen atoms in total. The lowest BCUT2D eigenvalue weighted by molar-refractivity contribution is 0.198. The molecule has 0 radical (unpaired) electrons. The Morgan fingerprint density at radius 2 is 2.27 bits per heavy atom. The summed E-state index contributed by atoms with van der Waals surface area (Å²) < 4.78 is 1.95. The van der Waals surface area contributed by atoms with Crippen LogP contribution in [-0.2, 0) is 6.54 Å². The maximum Gasteiger partial charge on any atom is 0.321 e. The molecule has 0 aliphatic carbocycles. The Morgan fingerprint density at radius 1 is 1.50 bits per heavy atom. The van der Waals surface area contributed by atoms with E-state index in [-0.39, 0.29) is 6.03 Å². The average molecular weight is 307 g/mol. The van der Waals surface area contributed by atoms with Gasteiger partial charge < -0.3 is 15.5 Å². The summed E-state index contributed by atoms with van der Waals surface area (Å²) in [4.78, 5) is 14.3. The van der Waals surface area contributed by atoms with E-state index in [9.17, 15) is 4.79 Å². The van der Waals surface area contributed by atoms with Gasteiger partial charge in [0.1, 0.15) is 0 Å². The summed E-state index contributed by atoms with van der Waals surface area (Å²) in [6.45, 7) is 9.22. The van der Waals surface area contributed by atoms with E-state index in [1.54, 1.807) is 6.20 Å². The highest BCUT2D eigenvalue weighted by molar-refractivity contribution is 5.89. The summed E-state index contributed by atoms with van der Waals surface area (Å²) >= 11 is 0. The third kappa shape index (κ3) is 4.22. The van der Waals surface area contributed by atoms with Gasteiger partial charge in [-0.25, -0.2) is 4.79 Å². The number of nitrogens with zero attached hydrogens (tertiary/aromatic N) is 3. The average Bonchev–Trinajstić information content (AvgIpc) is 2.72. The van der Waals surface area contributed by atoms with Crippen molar-refractivity contribution in [2.24, 2.45) is 5.92 Å². The van der Waals surface area contributed by atoms with Crippen molar-refractivity contribution >= 4 is 11.7 Å². The van der Waals surface area contributed by atoms with Gasteiger partial charge in [0.05, 0.1) is 17.6 Å². The van der Waals surface area contributed by atoms with Gasteiger partial charge in [-0.15, -0.1) is 0 Å². The van der Waals surface area contributed by atoms with Gasteiger partial charge in [-0.1, -0.05) is 13.8 Å². The zero-order valence-electron chi connectivity index (χ0n) is 14.2. The van der Waals surface area contributed by atoms with Crippen LogP contribution in [0.5, 0.6) is 0 Å². The molecule has 6 heteroatoms. The second kappa shape index (κ2) is 7.63. The van der Waals surface area contributed by atoms with Gasteiger partial charge in [-0.3, -0.25) is 4.68 Å². The van der Waals surface area contributed by atoms with Crippen LogP contribution in [0.1, 0.15) is 38.8 Å². The van der Waals surface area contributed by atoms with Crippen LogP contribution in [0, 0.1) is 12.8 Å². The summed E-state index contributed by atoms with van der Waals surface area (Å²) in [7, 11) is 1.89. The van der Waals surface area contributed by atoms with E-state index in [1.165, 1.54) is 0 Å². The van der Waals surface area contributed by atoms with Gasteiger partial charge >= 0.3 is 6.03 Å². The van der Waals surface area contributed by atoms with Gasteiger partial charge in [-0.05, 0) is 45.2 Å². The van der Waals surface area contributed by atoms with E-state index in [2.05, 4.69) is 29.6 Å². The normalized spacial score (nSPS) is 19.0. The molecule has 1 aromatic rings. The maximum atomic E-state index is 12.5. The predicted octanol–water partition coefficient (Wildman–Crippen LogP) is 2.45. The smallest absolute Gasteiger partial charge is 0.321 e. The minimum atomic E-state index is -0.0425. The summed E-state index contributed by atoms with van der Waals surface area (Å²) in [6, 6.07) is 0.264. The van der Waals surface area contributed by atoms with Gasteiger partial charge in [-0.2, -0.15) is 5.10 Å². The molecule has 1 aliphatic rings. The first kappa shape index (κ1) is 16.8. The molecular formula is C16H29N5O. The Bertz CT molecular complexity index is 489. The quantitative estimate of drug-likeness (QED) is 0.898. The fourth-order valence-corrected chi connectivity index (χ4v) is 2.86. The number of nitrogens with one attached hydrogen (secondary N) is 2. The molecule has 0 spiro atoms. The lowest BCUT2D eigenvalue weighted by Crippen LogP contribution is -2.40. The van der Waals surface area contributed by atoms with E-state index in [4.69, 9.17) is 0 Å². The minimum absolute atomic E-state index is 0.0425. The summed E-state index contributed by atoms with van der Waals surface area (Å²) in [5.74, 6) is 0.531. The van der Waals surface area contributed by atoms with E-state index in [0.717, 1.165) is 50.3 Å². The van der Waals surface area contributed by atoms with Crippen LogP contribution in [0.25, 0.3) is 0 Å². The standard InChI is InChI=1S/C16H29N5O/c1-12(2)11-21-13(3)15(10-18-21)19-16(22)20(4)14-6-5-8-17-9-7-14/h10,12,14,17H,5-9,11H2,1-4H3,(H,19,22). The van der Waals surface area contributed by atoms with Gasteiger partial charge in [0.2, 0.25) is 0 Å². The zero-order chi connectivity index (χ0) is 16.1. The molecule has 0 saturated carbocycles. The van der Waals surface area contributed by atoms with E-state index in [0.29, 0.717) is 12.0 Å². The molecule has 2 rings (SSSR count). The number of hydrogen-bond donors (Lipinski definition) is 2. The van der Waals surface area contributed by atoms with Crippen molar-refractivity contribution < 1.29 is 4.79 Å². The van der Waals surface area contributed by atoms with Crippen LogP contribution in [0.2, 0.25) is 0 Å². The molecule has 2 heterocycles. The van der Waals surface area contributed by atoms with Gasteiger partial charge in [0, 0.05) is 19.6 Å². The largest absolute Gasteiger partial charge is 0.325 e. The Kier molecular flexibility index (Phi) is 5.83. The van der Waals surface area contributed by atoms with Crippen molar-refractivity contribution in [3.8, 4) is 0 Å².